The van der Waals surface area contributed by atoms with E-state index in [1.165, 1.54) is 6.33 Å². The van der Waals surface area contributed by atoms with Gasteiger partial charge in [0, 0.05) is 31.5 Å². The van der Waals surface area contributed by atoms with Crippen molar-refractivity contribution < 1.29 is 5.11 Å². The van der Waals surface area contributed by atoms with Crippen molar-refractivity contribution in [2.24, 2.45) is 0 Å². The molecule has 0 radical (unpaired) electrons. The number of pyridine rings is 1. The van der Waals surface area contributed by atoms with Gasteiger partial charge in [0.25, 0.3) is 0 Å². The van der Waals surface area contributed by atoms with E-state index in [0.717, 1.165) is 35.7 Å². The van der Waals surface area contributed by atoms with Crippen molar-refractivity contribution in [1.82, 2.24) is 15.0 Å². The molecular weight excluding hydrogens is 302 g/mol. The topological polar surface area (TPSA) is 83.0 Å². The van der Waals surface area contributed by atoms with Crippen LogP contribution in [0.5, 0.6) is 5.75 Å². The third kappa shape index (κ3) is 4.67. The minimum absolute atomic E-state index is 0.284. The van der Waals surface area contributed by atoms with E-state index < -0.39 is 0 Å². The maximum Gasteiger partial charge on any atom is 0.131 e. The SMILES string of the molecule is Oc1ccc(CCNc2cc(NCc3cccnc3)ncn2)cc1. The largest absolute Gasteiger partial charge is 0.508 e. The number of anilines is 2. The van der Waals surface area contributed by atoms with Crippen LogP contribution >= 0.6 is 0 Å². The summed E-state index contributed by atoms with van der Waals surface area (Å²) in [7, 11) is 0. The van der Waals surface area contributed by atoms with Crippen LogP contribution in [-0.4, -0.2) is 26.6 Å². The third-order valence-corrected chi connectivity index (χ3v) is 3.52. The van der Waals surface area contributed by atoms with Crippen LogP contribution in [0.4, 0.5) is 11.6 Å². The predicted octanol–water partition coefficient (Wildman–Crippen LogP) is 2.84. The molecule has 0 atom stereocenters. The van der Waals surface area contributed by atoms with E-state index in [1.807, 2.05) is 36.5 Å². The van der Waals surface area contributed by atoms with E-state index in [1.54, 1.807) is 18.3 Å². The molecule has 0 aliphatic rings. The van der Waals surface area contributed by atoms with E-state index in [4.69, 9.17) is 0 Å². The summed E-state index contributed by atoms with van der Waals surface area (Å²) in [5.74, 6) is 1.82. The molecule has 3 aromatic rings. The smallest absolute Gasteiger partial charge is 0.131 e. The van der Waals surface area contributed by atoms with Crippen LogP contribution in [0.1, 0.15) is 11.1 Å². The first-order valence-electron chi connectivity index (χ1n) is 7.76. The van der Waals surface area contributed by atoms with E-state index in [0.29, 0.717) is 6.54 Å². The Morgan fingerprint density at radius 1 is 0.917 bits per heavy atom. The fourth-order valence-electron chi connectivity index (χ4n) is 2.24. The summed E-state index contributed by atoms with van der Waals surface area (Å²) >= 11 is 0. The van der Waals surface area contributed by atoms with E-state index in [2.05, 4.69) is 25.6 Å². The molecule has 0 aliphatic carbocycles. The molecule has 0 aliphatic heterocycles. The first-order chi connectivity index (χ1) is 11.8. The molecule has 24 heavy (non-hydrogen) atoms. The van der Waals surface area contributed by atoms with Gasteiger partial charge in [-0.3, -0.25) is 4.98 Å². The maximum atomic E-state index is 9.28. The van der Waals surface area contributed by atoms with Crippen LogP contribution in [0.25, 0.3) is 0 Å². The van der Waals surface area contributed by atoms with Crippen LogP contribution in [0.3, 0.4) is 0 Å². The first-order valence-corrected chi connectivity index (χ1v) is 7.76. The summed E-state index contributed by atoms with van der Waals surface area (Å²) < 4.78 is 0. The molecule has 0 saturated heterocycles. The van der Waals surface area contributed by atoms with Gasteiger partial charge >= 0.3 is 0 Å². The number of phenolic OH excluding ortho intramolecular Hbond substituents is 1. The monoisotopic (exact) mass is 321 g/mol. The Balaban J connectivity index is 1.50. The van der Waals surface area contributed by atoms with Crippen LogP contribution in [0, 0.1) is 0 Å². The minimum Gasteiger partial charge on any atom is -0.508 e. The number of aromatic nitrogens is 3. The zero-order chi connectivity index (χ0) is 16.6. The highest BCUT2D eigenvalue weighted by molar-refractivity contribution is 5.46. The summed E-state index contributed by atoms with van der Waals surface area (Å²) in [4.78, 5) is 12.5. The van der Waals surface area contributed by atoms with E-state index in [-0.39, 0.29) is 5.75 Å². The lowest BCUT2D eigenvalue weighted by Gasteiger charge is -2.09. The molecule has 0 spiro atoms. The molecule has 3 N–H and O–H groups in total. The first kappa shape index (κ1) is 15.7. The molecule has 6 heteroatoms. The molecule has 122 valence electrons. The number of aromatic hydroxyl groups is 1. The van der Waals surface area contributed by atoms with Gasteiger partial charge in [-0.1, -0.05) is 18.2 Å². The maximum absolute atomic E-state index is 9.28. The van der Waals surface area contributed by atoms with Crippen molar-refractivity contribution in [1.29, 1.82) is 0 Å². The molecule has 0 saturated carbocycles. The molecule has 1 aromatic carbocycles. The Kier molecular flexibility index (Phi) is 5.19. The fourth-order valence-corrected chi connectivity index (χ4v) is 2.24. The Morgan fingerprint density at radius 3 is 2.46 bits per heavy atom. The Hall–Kier alpha value is -3.15. The highest BCUT2D eigenvalue weighted by Gasteiger charge is 2.00. The molecule has 2 aromatic heterocycles. The summed E-state index contributed by atoms with van der Waals surface area (Å²) in [5.41, 5.74) is 2.25. The average molecular weight is 321 g/mol. The second-order valence-corrected chi connectivity index (χ2v) is 5.35. The summed E-state index contributed by atoms with van der Waals surface area (Å²) in [6.07, 6.45) is 5.96. The Morgan fingerprint density at radius 2 is 1.71 bits per heavy atom. The van der Waals surface area contributed by atoms with Gasteiger partial charge in [-0.05, 0) is 35.7 Å². The van der Waals surface area contributed by atoms with Crippen LogP contribution in [0.2, 0.25) is 0 Å². The van der Waals surface area contributed by atoms with Gasteiger partial charge in [-0.15, -0.1) is 0 Å². The predicted molar refractivity (Wildman–Crippen MR) is 93.9 cm³/mol. The molecule has 0 bridgehead atoms. The second kappa shape index (κ2) is 7.92. The molecular formula is C18H19N5O. The number of nitrogens with zero attached hydrogens (tertiary/aromatic N) is 3. The van der Waals surface area contributed by atoms with Gasteiger partial charge in [0.1, 0.15) is 23.7 Å². The van der Waals surface area contributed by atoms with Gasteiger partial charge in [-0.25, -0.2) is 9.97 Å². The Labute approximate surface area is 140 Å². The van der Waals surface area contributed by atoms with Crippen molar-refractivity contribution in [3.8, 4) is 5.75 Å². The average Bonchev–Trinajstić information content (AvgIpc) is 2.63. The highest BCUT2D eigenvalue weighted by Crippen LogP contribution is 2.12. The van der Waals surface area contributed by atoms with Crippen molar-refractivity contribution in [2.75, 3.05) is 17.2 Å². The zero-order valence-corrected chi connectivity index (χ0v) is 13.2. The summed E-state index contributed by atoms with van der Waals surface area (Å²) in [6.45, 7) is 1.42. The lowest BCUT2D eigenvalue weighted by atomic mass is 10.1. The van der Waals surface area contributed by atoms with Gasteiger partial charge in [-0.2, -0.15) is 0 Å². The van der Waals surface area contributed by atoms with Crippen LogP contribution in [0.15, 0.2) is 61.2 Å². The van der Waals surface area contributed by atoms with E-state index >= 15 is 0 Å². The molecule has 0 amide bonds. The quantitative estimate of drug-likeness (QED) is 0.621. The van der Waals surface area contributed by atoms with Gasteiger partial charge in [0.2, 0.25) is 0 Å². The number of nitrogens with one attached hydrogen (secondary N) is 2. The van der Waals surface area contributed by atoms with Crippen molar-refractivity contribution in [3.63, 3.8) is 0 Å². The van der Waals surface area contributed by atoms with Crippen molar-refractivity contribution >= 4 is 11.6 Å². The number of phenols is 1. The van der Waals surface area contributed by atoms with Gasteiger partial charge in [0.05, 0.1) is 0 Å². The Bertz CT molecular complexity index is 762. The number of hydrogen-bond acceptors (Lipinski definition) is 6. The number of rotatable bonds is 7. The normalized spacial score (nSPS) is 10.3. The summed E-state index contributed by atoms with van der Waals surface area (Å²) in [6, 6.07) is 13.0. The van der Waals surface area contributed by atoms with E-state index in [9.17, 15) is 5.11 Å². The lowest BCUT2D eigenvalue weighted by molar-refractivity contribution is 0.475. The van der Waals surface area contributed by atoms with Gasteiger partial charge < -0.3 is 15.7 Å². The van der Waals surface area contributed by atoms with Crippen LogP contribution < -0.4 is 10.6 Å². The summed E-state index contributed by atoms with van der Waals surface area (Å²) in [5, 5.41) is 15.8. The zero-order valence-electron chi connectivity index (χ0n) is 13.2. The highest BCUT2D eigenvalue weighted by atomic mass is 16.3. The molecule has 0 fully saturated rings. The van der Waals surface area contributed by atoms with Crippen molar-refractivity contribution in [3.05, 3.63) is 72.3 Å². The fraction of sp³-hybridized carbons (Fsp3) is 0.167. The number of hydrogen-bond donors (Lipinski definition) is 3. The molecule has 2 heterocycles. The van der Waals surface area contributed by atoms with Crippen LogP contribution in [-0.2, 0) is 13.0 Å². The number of benzene rings is 1. The molecule has 6 nitrogen and oxygen atoms in total. The standard InChI is InChI=1S/C18H19N5O/c24-16-5-3-14(4-6-16)7-9-20-17-10-18(23-13-22-17)21-12-15-2-1-8-19-11-15/h1-6,8,10-11,13,24H,7,9,12H2,(H2,20,21,22,23). The molecule has 0 unspecified atom stereocenters. The van der Waals surface area contributed by atoms with Gasteiger partial charge in [0.15, 0.2) is 0 Å². The van der Waals surface area contributed by atoms with Crippen molar-refractivity contribution in [2.45, 2.75) is 13.0 Å². The third-order valence-electron chi connectivity index (χ3n) is 3.52. The minimum atomic E-state index is 0.284. The lowest BCUT2D eigenvalue weighted by Crippen LogP contribution is -2.08. The second-order valence-electron chi connectivity index (χ2n) is 5.35. The molecule has 3 rings (SSSR count).